The number of esters is 1. The number of aryl methyl sites for hydroxylation is 1. The molecule has 29 heavy (non-hydrogen) atoms. The average Bonchev–Trinajstić information content (AvgIpc) is 2.67. The smallest absolute Gasteiger partial charge is 0.387 e. The molecule has 0 saturated heterocycles. The van der Waals surface area contributed by atoms with Gasteiger partial charge in [-0.3, -0.25) is 14.9 Å². The van der Waals surface area contributed by atoms with Gasteiger partial charge in [0.25, 0.3) is 5.69 Å². The van der Waals surface area contributed by atoms with Gasteiger partial charge in [-0.2, -0.15) is 8.78 Å². The van der Waals surface area contributed by atoms with Crippen molar-refractivity contribution in [2.24, 2.45) is 0 Å². The third-order valence-electron chi connectivity index (χ3n) is 3.76. The van der Waals surface area contributed by atoms with Gasteiger partial charge in [-0.25, -0.2) is 4.79 Å². The van der Waals surface area contributed by atoms with Gasteiger partial charge in [0, 0.05) is 17.2 Å². The zero-order valence-corrected chi connectivity index (χ0v) is 15.5. The quantitative estimate of drug-likeness (QED) is 0.267. The molecule has 10 heteroatoms. The molecule has 0 radical (unpaired) electrons. The fourth-order valence-electron chi connectivity index (χ4n) is 2.37. The number of nitrogens with zero attached hydrogens (tertiary/aromatic N) is 1. The molecule has 2 aromatic carbocycles. The number of carbonyl (C=O) groups is 2. The lowest BCUT2D eigenvalue weighted by Gasteiger charge is -2.12. The predicted molar refractivity (Wildman–Crippen MR) is 96.7 cm³/mol. The minimum absolute atomic E-state index is 0.0192. The molecule has 0 atom stereocenters. The van der Waals surface area contributed by atoms with Crippen molar-refractivity contribution in [1.82, 2.24) is 0 Å². The number of ketones is 1. The standard InChI is InChI=1S/C19H17F2NO7/c1-3-27-17-9-13(6-7-16(17)29-19(20)21)18(24)28-10-15(23)12-5-4-11(2)14(8-12)22(25)26/h4-9,19H,3,10H2,1-2H3. The second-order valence-electron chi connectivity index (χ2n) is 5.73. The van der Waals surface area contributed by atoms with Crippen molar-refractivity contribution in [1.29, 1.82) is 0 Å². The maximum atomic E-state index is 12.4. The molecule has 0 amide bonds. The summed E-state index contributed by atoms with van der Waals surface area (Å²) >= 11 is 0. The van der Waals surface area contributed by atoms with Gasteiger partial charge in [-0.15, -0.1) is 0 Å². The highest BCUT2D eigenvalue weighted by Gasteiger charge is 2.19. The highest BCUT2D eigenvalue weighted by atomic mass is 19.3. The van der Waals surface area contributed by atoms with E-state index in [1.54, 1.807) is 6.92 Å². The SMILES string of the molecule is CCOc1cc(C(=O)OCC(=O)c2ccc(C)c([N+](=O)[O-])c2)ccc1OC(F)F. The second-order valence-corrected chi connectivity index (χ2v) is 5.73. The van der Waals surface area contributed by atoms with Crippen LogP contribution in [0.25, 0.3) is 0 Å². The topological polar surface area (TPSA) is 105 Å². The van der Waals surface area contributed by atoms with E-state index in [0.717, 1.165) is 18.2 Å². The van der Waals surface area contributed by atoms with E-state index in [4.69, 9.17) is 9.47 Å². The van der Waals surface area contributed by atoms with Gasteiger partial charge < -0.3 is 14.2 Å². The first-order valence-corrected chi connectivity index (χ1v) is 8.40. The van der Waals surface area contributed by atoms with Crippen LogP contribution in [-0.2, 0) is 4.74 Å². The maximum absolute atomic E-state index is 12.4. The van der Waals surface area contributed by atoms with Crippen molar-refractivity contribution >= 4 is 17.4 Å². The lowest BCUT2D eigenvalue weighted by Crippen LogP contribution is -2.15. The summed E-state index contributed by atoms with van der Waals surface area (Å²) in [6, 6.07) is 7.38. The van der Waals surface area contributed by atoms with Crippen molar-refractivity contribution < 1.29 is 37.5 Å². The molecule has 0 saturated carbocycles. The average molecular weight is 409 g/mol. The van der Waals surface area contributed by atoms with Crippen LogP contribution in [0.15, 0.2) is 36.4 Å². The first kappa shape index (κ1) is 21.7. The van der Waals surface area contributed by atoms with E-state index >= 15 is 0 Å². The summed E-state index contributed by atoms with van der Waals surface area (Å²) in [7, 11) is 0. The summed E-state index contributed by atoms with van der Waals surface area (Å²) in [4.78, 5) is 34.7. The Morgan fingerprint density at radius 1 is 1.10 bits per heavy atom. The Labute approximate surface area is 164 Å². The minimum atomic E-state index is -3.07. The first-order valence-electron chi connectivity index (χ1n) is 8.40. The number of Topliss-reactive ketones (excluding diaryl/α,β-unsaturated/α-hetero) is 1. The molecule has 0 spiro atoms. The maximum Gasteiger partial charge on any atom is 0.387 e. The Morgan fingerprint density at radius 2 is 1.79 bits per heavy atom. The van der Waals surface area contributed by atoms with Gasteiger partial charge in [-0.05, 0) is 32.0 Å². The first-order chi connectivity index (χ1) is 13.7. The Balaban J connectivity index is 2.10. The molecule has 0 aromatic heterocycles. The number of nitro groups is 1. The highest BCUT2D eigenvalue weighted by molar-refractivity contribution is 6.00. The largest absolute Gasteiger partial charge is 0.490 e. The Bertz CT molecular complexity index is 931. The third-order valence-corrected chi connectivity index (χ3v) is 3.76. The molecule has 0 heterocycles. The van der Waals surface area contributed by atoms with Crippen LogP contribution in [0.1, 0.15) is 33.2 Å². The van der Waals surface area contributed by atoms with E-state index < -0.39 is 29.9 Å². The van der Waals surface area contributed by atoms with Crippen molar-refractivity contribution in [3.8, 4) is 11.5 Å². The molecule has 0 aliphatic carbocycles. The molecule has 0 fully saturated rings. The molecule has 0 aliphatic rings. The van der Waals surface area contributed by atoms with E-state index in [9.17, 15) is 28.5 Å². The highest BCUT2D eigenvalue weighted by Crippen LogP contribution is 2.30. The normalized spacial score (nSPS) is 10.5. The number of carbonyl (C=O) groups excluding carboxylic acids is 2. The van der Waals surface area contributed by atoms with Crippen molar-refractivity contribution in [2.75, 3.05) is 13.2 Å². The fourth-order valence-corrected chi connectivity index (χ4v) is 2.37. The lowest BCUT2D eigenvalue weighted by atomic mass is 10.1. The number of hydrogen-bond acceptors (Lipinski definition) is 7. The molecule has 0 aliphatic heterocycles. The number of benzene rings is 2. The van der Waals surface area contributed by atoms with Gasteiger partial charge in [0.1, 0.15) is 0 Å². The van der Waals surface area contributed by atoms with Crippen molar-refractivity contribution in [3.63, 3.8) is 0 Å². The summed E-state index contributed by atoms with van der Waals surface area (Å²) in [6.45, 7) is -0.426. The van der Waals surface area contributed by atoms with Gasteiger partial charge in [-0.1, -0.05) is 12.1 Å². The Morgan fingerprint density at radius 3 is 2.41 bits per heavy atom. The molecule has 8 nitrogen and oxygen atoms in total. The van der Waals surface area contributed by atoms with Crippen LogP contribution in [-0.4, -0.2) is 36.5 Å². The van der Waals surface area contributed by atoms with Crippen molar-refractivity contribution in [2.45, 2.75) is 20.5 Å². The molecular weight excluding hydrogens is 392 g/mol. The summed E-state index contributed by atoms with van der Waals surface area (Å²) in [5, 5.41) is 11.0. The molecule has 0 unspecified atom stereocenters. The zero-order chi connectivity index (χ0) is 21.6. The molecule has 0 bridgehead atoms. The number of rotatable bonds is 9. The van der Waals surface area contributed by atoms with Crippen LogP contribution in [0.5, 0.6) is 11.5 Å². The minimum Gasteiger partial charge on any atom is -0.490 e. The van der Waals surface area contributed by atoms with Crippen LogP contribution in [0.3, 0.4) is 0 Å². The predicted octanol–water partition coefficient (Wildman–Crippen LogP) is 3.94. The van der Waals surface area contributed by atoms with Gasteiger partial charge >= 0.3 is 12.6 Å². The van der Waals surface area contributed by atoms with Crippen molar-refractivity contribution in [3.05, 3.63) is 63.2 Å². The van der Waals surface area contributed by atoms with Gasteiger partial charge in [0.15, 0.2) is 18.1 Å². The summed E-state index contributed by atoms with van der Waals surface area (Å²) in [6.07, 6.45) is 0. The monoisotopic (exact) mass is 409 g/mol. The van der Waals surface area contributed by atoms with Crippen LogP contribution in [0, 0.1) is 17.0 Å². The van der Waals surface area contributed by atoms with Gasteiger partial charge in [0.05, 0.1) is 17.1 Å². The number of nitro benzene ring substituents is 1. The summed E-state index contributed by atoms with van der Waals surface area (Å²) in [5.74, 6) is -1.86. The number of alkyl halides is 2. The van der Waals surface area contributed by atoms with Crippen LogP contribution >= 0.6 is 0 Å². The molecule has 154 valence electrons. The van der Waals surface area contributed by atoms with Crippen LogP contribution in [0.2, 0.25) is 0 Å². The zero-order valence-electron chi connectivity index (χ0n) is 15.5. The fraction of sp³-hybridized carbons (Fsp3) is 0.263. The number of hydrogen-bond donors (Lipinski definition) is 0. The van der Waals surface area contributed by atoms with Gasteiger partial charge in [0.2, 0.25) is 5.78 Å². The Kier molecular flexibility index (Phi) is 7.18. The van der Waals surface area contributed by atoms with E-state index in [-0.39, 0.29) is 34.9 Å². The number of ether oxygens (including phenoxy) is 3. The summed E-state index contributed by atoms with van der Waals surface area (Å²) in [5.41, 5.74) is 0.139. The molecule has 2 aromatic rings. The van der Waals surface area contributed by atoms with E-state index in [1.165, 1.54) is 25.1 Å². The van der Waals surface area contributed by atoms with Crippen LogP contribution in [0.4, 0.5) is 14.5 Å². The van der Waals surface area contributed by atoms with E-state index in [2.05, 4.69) is 4.74 Å². The molecule has 2 rings (SSSR count). The second kappa shape index (κ2) is 9.58. The summed E-state index contributed by atoms with van der Waals surface area (Å²) < 4.78 is 39.3. The number of halogens is 2. The van der Waals surface area contributed by atoms with E-state index in [0.29, 0.717) is 5.56 Å². The van der Waals surface area contributed by atoms with E-state index in [1.807, 2.05) is 0 Å². The molecular formula is C19H17F2NO7. The lowest BCUT2D eigenvalue weighted by molar-refractivity contribution is -0.385. The molecule has 0 N–H and O–H groups in total. The Hall–Kier alpha value is -3.56. The third kappa shape index (κ3) is 5.71. The van der Waals surface area contributed by atoms with Crippen LogP contribution < -0.4 is 9.47 Å².